The van der Waals surface area contributed by atoms with Gasteiger partial charge in [-0.3, -0.25) is 4.79 Å². The number of carbonyl (C=O) groups is 1. The zero-order valence-corrected chi connectivity index (χ0v) is 12.9. The third-order valence-corrected chi connectivity index (χ3v) is 3.40. The molecule has 0 saturated heterocycles. The first kappa shape index (κ1) is 15.1. The van der Waals surface area contributed by atoms with Crippen molar-refractivity contribution in [1.82, 2.24) is 0 Å². The first-order valence-corrected chi connectivity index (χ1v) is 7.08. The van der Waals surface area contributed by atoms with Gasteiger partial charge in [-0.25, -0.2) is 0 Å². The first-order valence-electron chi connectivity index (χ1n) is 7.08. The van der Waals surface area contributed by atoms with Crippen molar-refractivity contribution < 1.29 is 9.53 Å². The van der Waals surface area contributed by atoms with Crippen LogP contribution in [0, 0.1) is 20.8 Å². The lowest BCUT2D eigenvalue weighted by molar-refractivity contribution is -0.122. The van der Waals surface area contributed by atoms with Crippen LogP contribution in [0.1, 0.15) is 23.6 Å². The normalized spacial score (nSPS) is 11.8. The number of nitrogens with one attached hydrogen (secondary N) is 1. The summed E-state index contributed by atoms with van der Waals surface area (Å²) in [5.41, 5.74) is 4.06. The lowest BCUT2D eigenvalue weighted by Gasteiger charge is -2.17. The predicted octanol–water partition coefficient (Wildman–Crippen LogP) is 4.02. The van der Waals surface area contributed by atoms with E-state index in [9.17, 15) is 4.79 Å². The highest BCUT2D eigenvalue weighted by Gasteiger charge is 2.16. The third kappa shape index (κ3) is 3.85. The maximum atomic E-state index is 12.3. The Morgan fingerprint density at radius 1 is 1.05 bits per heavy atom. The molecule has 1 atom stereocenters. The molecule has 0 bridgehead atoms. The molecule has 2 rings (SSSR count). The van der Waals surface area contributed by atoms with Crippen molar-refractivity contribution >= 4 is 11.6 Å². The minimum Gasteiger partial charge on any atom is -0.481 e. The number of aryl methyl sites for hydroxylation is 3. The minimum absolute atomic E-state index is 0.145. The number of carbonyl (C=O) groups excluding carboxylic acids is 1. The van der Waals surface area contributed by atoms with Crippen molar-refractivity contribution in [3.8, 4) is 5.75 Å². The number of para-hydroxylation sites is 1. The molecule has 0 aliphatic carbocycles. The third-order valence-electron chi connectivity index (χ3n) is 3.40. The minimum atomic E-state index is -0.550. The highest BCUT2D eigenvalue weighted by atomic mass is 16.5. The molecule has 1 N–H and O–H groups in total. The molecule has 3 heteroatoms. The fourth-order valence-electron chi connectivity index (χ4n) is 2.18. The maximum absolute atomic E-state index is 12.3. The molecule has 0 saturated carbocycles. The molecule has 1 unspecified atom stereocenters. The van der Waals surface area contributed by atoms with Gasteiger partial charge in [0.15, 0.2) is 6.10 Å². The second-order valence-electron chi connectivity index (χ2n) is 5.33. The Kier molecular flexibility index (Phi) is 4.63. The van der Waals surface area contributed by atoms with E-state index >= 15 is 0 Å². The highest BCUT2D eigenvalue weighted by molar-refractivity contribution is 5.95. The molecule has 0 aliphatic rings. The van der Waals surface area contributed by atoms with Crippen LogP contribution in [0.2, 0.25) is 0 Å². The van der Waals surface area contributed by atoms with E-state index in [0.717, 1.165) is 22.4 Å². The number of benzene rings is 2. The quantitative estimate of drug-likeness (QED) is 0.920. The number of hydrogen-bond acceptors (Lipinski definition) is 2. The highest BCUT2D eigenvalue weighted by Crippen LogP contribution is 2.20. The molecule has 21 heavy (non-hydrogen) atoms. The monoisotopic (exact) mass is 283 g/mol. The standard InChI is InChI=1S/C18H21NO2/c1-12-7-5-10-16(11-12)21-15(4)18(20)19-17-13(2)8-6-9-14(17)3/h5-11,15H,1-4H3,(H,19,20). The molecule has 0 fully saturated rings. The second-order valence-corrected chi connectivity index (χ2v) is 5.33. The molecule has 2 aromatic rings. The molecule has 0 radical (unpaired) electrons. The Balaban J connectivity index is 2.06. The van der Waals surface area contributed by atoms with Crippen molar-refractivity contribution in [3.05, 3.63) is 59.2 Å². The molecule has 0 aromatic heterocycles. The summed E-state index contributed by atoms with van der Waals surface area (Å²) < 4.78 is 5.70. The van der Waals surface area contributed by atoms with Gasteiger partial charge in [-0.2, -0.15) is 0 Å². The largest absolute Gasteiger partial charge is 0.481 e. The van der Waals surface area contributed by atoms with Crippen molar-refractivity contribution in [1.29, 1.82) is 0 Å². The summed E-state index contributed by atoms with van der Waals surface area (Å²) in [5.74, 6) is 0.563. The fourth-order valence-corrected chi connectivity index (χ4v) is 2.18. The van der Waals surface area contributed by atoms with E-state index in [0.29, 0.717) is 5.75 Å². The number of amides is 1. The van der Waals surface area contributed by atoms with Gasteiger partial charge in [-0.05, 0) is 56.5 Å². The van der Waals surface area contributed by atoms with Gasteiger partial charge in [-0.1, -0.05) is 30.3 Å². The molecule has 0 heterocycles. The average Bonchev–Trinajstić information content (AvgIpc) is 2.43. The lowest BCUT2D eigenvalue weighted by atomic mass is 10.1. The van der Waals surface area contributed by atoms with Crippen molar-refractivity contribution in [3.63, 3.8) is 0 Å². The van der Waals surface area contributed by atoms with Crippen LogP contribution in [0.25, 0.3) is 0 Å². The van der Waals surface area contributed by atoms with Gasteiger partial charge in [0, 0.05) is 5.69 Å². The van der Waals surface area contributed by atoms with Crippen LogP contribution < -0.4 is 10.1 Å². The van der Waals surface area contributed by atoms with Crippen LogP contribution in [0.15, 0.2) is 42.5 Å². The molecular formula is C18H21NO2. The van der Waals surface area contributed by atoms with Crippen LogP contribution in [-0.4, -0.2) is 12.0 Å². The van der Waals surface area contributed by atoms with Gasteiger partial charge in [0.25, 0.3) is 5.91 Å². The molecule has 3 nitrogen and oxygen atoms in total. The van der Waals surface area contributed by atoms with Crippen LogP contribution in [0.4, 0.5) is 5.69 Å². The zero-order chi connectivity index (χ0) is 15.4. The van der Waals surface area contributed by atoms with Crippen molar-refractivity contribution in [2.45, 2.75) is 33.8 Å². The summed E-state index contributed by atoms with van der Waals surface area (Å²) in [6.07, 6.45) is -0.550. The maximum Gasteiger partial charge on any atom is 0.265 e. The Morgan fingerprint density at radius 3 is 2.29 bits per heavy atom. The zero-order valence-electron chi connectivity index (χ0n) is 12.9. The van der Waals surface area contributed by atoms with E-state index < -0.39 is 6.10 Å². The second kappa shape index (κ2) is 6.44. The number of ether oxygens (including phenoxy) is 1. The number of rotatable bonds is 4. The summed E-state index contributed by atoms with van der Waals surface area (Å²) >= 11 is 0. The van der Waals surface area contributed by atoms with Crippen LogP contribution in [0.5, 0.6) is 5.75 Å². The smallest absolute Gasteiger partial charge is 0.265 e. The Hall–Kier alpha value is -2.29. The van der Waals surface area contributed by atoms with Gasteiger partial charge in [-0.15, -0.1) is 0 Å². The molecule has 2 aromatic carbocycles. The van der Waals surface area contributed by atoms with E-state index in [1.807, 2.05) is 63.2 Å². The molecular weight excluding hydrogens is 262 g/mol. The lowest BCUT2D eigenvalue weighted by Crippen LogP contribution is -2.30. The number of anilines is 1. The Labute approximate surface area is 126 Å². The average molecular weight is 283 g/mol. The van der Waals surface area contributed by atoms with Crippen LogP contribution in [-0.2, 0) is 4.79 Å². The Morgan fingerprint density at radius 2 is 1.67 bits per heavy atom. The van der Waals surface area contributed by atoms with E-state index in [1.165, 1.54) is 0 Å². The van der Waals surface area contributed by atoms with E-state index in [1.54, 1.807) is 6.92 Å². The van der Waals surface area contributed by atoms with Crippen molar-refractivity contribution in [2.24, 2.45) is 0 Å². The molecule has 0 spiro atoms. The summed E-state index contributed by atoms with van der Waals surface area (Å²) in [5, 5.41) is 2.95. The summed E-state index contributed by atoms with van der Waals surface area (Å²) in [4.78, 5) is 12.3. The van der Waals surface area contributed by atoms with Crippen LogP contribution >= 0.6 is 0 Å². The van der Waals surface area contributed by atoms with Gasteiger partial charge in [0.1, 0.15) is 5.75 Å². The van der Waals surface area contributed by atoms with Crippen molar-refractivity contribution in [2.75, 3.05) is 5.32 Å². The SMILES string of the molecule is Cc1cccc(OC(C)C(=O)Nc2c(C)cccc2C)c1. The van der Waals surface area contributed by atoms with E-state index in [4.69, 9.17) is 4.74 Å². The van der Waals surface area contributed by atoms with E-state index in [-0.39, 0.29) is 5.91 Å². The molecule has 110 valence electrons. The van der Waals surface area contributed by atoms with Gasteiger partial charge in [0.2, 0.25) is 0 Å². The fraction of sp³-hybridized carbons (Fsp3) is 0.278. The summed E-state index contributed by atoms with van der Waals surface area (Å²) in [6, 6.07) is 13.6. The van der Waals surface area contributed by atoms with Gasteiger partial charge in [0.05, 0.1) is 0 Å². The summed E-state index contributed by atoms with van der Waals surface area (Å²) in [7, 11) is 0. The molecule has 1 amide bonds. The van der Waals surface area contributed by atoms with E-state index in [2.05, 4.69) is 5.32 Å². The topological polar surface area (TPSA) is 38.3 Å². The number of hydrogen-bond donors (Lipinski definition) is 1. The first-order chi connectivity index (χ1) is 9.97. The molecule has 0 aliphatic heterocycles. The summed E-state index contributed by atoms with van der Waals surface area (Å²) in [6.45, 7) is 7.71. The predicted molar refractivity (Wildman–Crippen MR) is 85.8 cm³/mol. The van der Waals surface area contributed by atoms with Crippen LogP contribution in [0.3, 0.4) is 0 Å². The van der Waals surface area contributed by atoms with Gasteiger partial charge >= 0.3 is 0 Å². The van der Waals surface area contributed by atoms with Gasteiger partial charge < -0.3 is 10.1 Å². The Bertz CT molecular complexity index is 629.